The first kappa shape index (κ1) is 23.1. The van der Waals surface area contributed by atoms with Gasteiger partial charge in [-0.15, -0.1) is 0 Å². The number of fused-ring (bicyclic) bond motifs is 1. The van der Waals surface area contributed by atoms with Gasteiger partial charge in [-0.2, -0.15) is 8.78 Å². The number of benzene rings is 2. The molecule has 2 heterocycles. The van der Waals surface area contributed by atoms with Crippen molar-refractivity contribution in [2.45, 2.75) is 45.6 Å². The summed E-state index contributed by atoms with van der Waals surface area (Å²) in [6, 6.07) is 8.62. The van der Waals surface area contributed by atoms with Crippen molar-refractivity contribution >= 4 is 29.5 Å². The van der Waals surface area contributed by atoms with E-state index in [0.29, 0.717) is 16.7 Å². The van der Waals surface area contributed by atoms with Gasteiger partial charge in [0, 0.05) is 33.1 Å². The number of carbonyl (C=O) groups excluding carboxylic acids is 4. The molecule has 2 aromatic rings. The van der Waals surface area contributed by atoms with Gasteiger partial charge in [-0.05, 0) is 42.2 Å². The molecule has 0 spiro atoms. The van der Waals surface area contributed by atoms with Crippen LogP contribution in [-0.4, -0.2) is 41.4 Å². The van der Waals surface area contributed by atoms with Crippen molar-refractivity contribution in [3.63, 3.8) is 0 Å². The van der Waals surface area contributed by atoms with Crippen LogP contribution in [0.4, 0.5) is 19.3 Å². The highest BCUT2D eigenvalue weighted by Crippen LogP contribution is 2.29. The number of piperidine rings is 1. The van der Waals surface area contributed by atoms with Crippen LogP contribution in [0.15, 0.2) is 36.4 Å². The van der Waals surface area contributed by atoms with E-state index in [1.54, 1.807) is 25.1 Å². The molecule has 9 nitrogen and oxygen atoms in total. The number of amides is 4. The summed E-state index contributed by atoms with van der Waals surface area (Å²) in [5.74, 6) is -1.24. The van der Waals surface area contributed by atoms with Crippen LogP contribution in [0.25, 0.3) is 0 Å². The third-order valence-corrected chi connectivity index (χ3v) is 5.61. The van der Waals surface area contributed by atoms with E-state index in [1.807, 2.05) is 0 Å². The smallest absolute Gasteiger partial charge is 0.411 e. The number of nitrogens with one attached hydrogen (secondary N) is 2. The second kappa shape index (κ2) is 9.46. The highest BCUT2D eigenvalue weighted by atomic mass is 19.3. The molecule has 0 aromatic heterocycles. The first-order valence-corrected chi connectivity index (χ1v) is 10.5. The standard InChI is InChI=1S/C23H21F2N3O6.2H2/c1-12-2-5-15(9-18(12)34-22(24)25)26-23(32)33-11-13-3-4-14-10-28(21(31)16(14)8-13)17-6-7-19(29)27-20(17)30;;/h2-5,8-9,17,22H,6-7,10-11H2,1H3,(H,26,32)(H,27,29,30);2*1H. The van der Waals surface area contributed by atoms with Crippen molar-refractivity contribution in [1.29, 1.82) is 0 Å². The van der Waals surface area contributed by atoms with Crippen molar-refractivity contribution in [3.8, 4) is 5.75 Å². The molecule has 4 rings (SSSR count). The van der Waals surface area contributed by atoms with Gasteiger partial charge < -0.3 is 14.4 Å². The van der Waals surface area contributed by atoms with Crippen LogP contribution >= 0.6 is 0 Å². The maximum atomic E-state index is 12.9. The molecule has 11 heteroatoms. The molecule has 34 heavy (non-hydrogen) atoms. The molecule has 0 radical (unpaired) electrons. The molecular weight excluding hydrogens is 452 g/mol. The summed E-state index contributed by atoms with van der Waals surface area (Å²) >= 11 is 0. The number of aryl methyl sites for hydroxylation is 1. The summed E-state index contributed by atoms with van der Waals surface area (Å²) in [4.78, 5) is 50.0. The Morgan fingerprint density at radius 2 is 2.03 bits per heavy atom. The van der Waals surface area contributed by atoms with Crippen LogP contribution < -0.4 is 15.4 Å². The molecular formula is C23H25F2N3O6. The molecule has 1 saturated heterocycles. The van der Waals surface area contributed by atoms with Crippen molar-refractivity contribution in [3.05, 3.63) is 58.7 Å². The number of hydrogen-bond donors (Lipinski definition) is 2. The molecule has 0 saturated carbocycles. The Morgan fingerprint density at radius 1 is 1.24 bits per heavy atom. The van der Waals surface area contributed by atoms with E-state index in [9.17, 15) is 28.0 Å². The zero-order valence-corrected chi connectivity index (χ0v) is 18.1. The van der Waals surface area contributed by atoms with Crippen molar-refractivity contribution in [1.82, 2.24) is 10.2 Å². The molecule has 2 N–H and O–H groups in total. The van der Waals surface area contributed by atoms with Crippen molar-refractivity contribution in [2.75, 3.05) is 5.32 Å². The molecule has 1 unspecified atom stereocenters. The van der Waals surface area contributed by atoms with Crippen LogP contribution in [-0.2, 0) is 27.5 Å². The van der Waals surface area contributed by atoms with E-state index in [-0.39, 0.29) is 52.1 Å². The summed E-state index contributed by atoms with van der Waals surface area (Å²) in [6.07, 6.45) is -0.380. The fraction of sp³-hybridized carbons (Fsp3) is 0.304. The number of carbonyl (C=O) groups is 4. The van der Waals surface area contributed by atoms with Gasteiger partial charge in [-0.25, -0.2) is 4.79 Å². The summed E-state index contributed by atoms with van der Waals surface area (Å²) in [5.41, 5.74) is 2.38. The lowest BCUT2D eigenvalue weighted by atomic mass is 10.0. The predicted molar refractivity (Wildman–Crippen MR) is 118 cm³/mol. The average Bonchev–Trinajstić information content (AvgIpc) is 3.10. The van der Waals surface area contributed by atoms with E-state index in [2.05, 4.69) is 15.4 Å². The Bertz CT molecular complexity index is 1180. The number of nitrogens with zero attached hydrogens (tertiary/aromatic N) is 1. The lowest BCUT2D eigenvalue weighted by molar-refractivity contribution is -0.136. The highest BCUT2D eigenvalue weighted by Gasteiger charge is 2.39. The van der Waals surface area contributed by atoms with Crippen LogP contribution in [0, 0.1) is 6.92 Å². The Kier molecular flexibility index (Phi) is 6.44. The third-order valence-electron chi connectivity index (χ3n) is 5.61. The lowest BCUT2D eigenvalue weighted by Gasteiger charge is -2.29. The van der Waals surface area contributed by atoms with Crippen molar-refractivity contribution < 1.29 is 40.3 Å². The van der Waals surface area contributed by atoms with Gasteiger partial charge in [-0.3, -0.25) is 25.0 Å². The summed E-state index contributed by atoms with van der Waals surface area (Å²) < 4.78 is 34.6. The first-order valence-electron chi connectivity index (χ1n) is 10.5. The van der Waals surface area contributed by atoms with E-state index in [1.165, 1.54) is 23.1 Å². The quantitative estimate of drug-likeness (QED) is 0.615. The second-order valence-electron chi connectivity index (χ2n) is 7.95. The van der Waals surface area contributed by atoms with Gasteiger partial charge in [0.05, 0.1) is 0 Å². The summed E-state index contributed by atoms with van der Waals surface area (Å²) in [7, 11) is 0. The second-order valence-corrected chi connectivity index (χ2v) is 7.95. The van der Waals surface area contributed by atoms with E-state index < -0.39 is 24.7 Å². The van der Waals surface area contributed by atoms with Crippen LogP contribution in [0.5, 0.6) is 5.75 Å². The normalized spacial score (nSPS) is 17.5. The van der Waals surface area contributed by atoms with Crippen LogP contribution in [0.3, 0.4) is 0 Å². The zero-order chi connectivity index (χ0) is 24.4. The monoisotopic (exact) mass is 477 g/mol. The SMILES string of the molecule is Cc1ccc(NC(=O)OCc2ccc3c(c2)C(=O)N(C2CCC(=O)NC2=O)C3)cc1OC(F)F.[HH].[HH]. The van der Waals surface area contributed by atoms with Gasteiger partial charge in [0.2, 0.25) is 11.8 Å². The van der Waals surface area contributed by atoms with Crippen LogP contribution in [0.2, 0.25) is 0 Å². The number of imide groups is 1. The number of anilines is 1. The van der Waals surface area contributed by atoms with E-state index >= 15 is 0 Å². The molecule has 182 valence electrons. The number of halogens is 2. The zero-order valence-electron chi connectivity index (χ0n) is 18.1. The Hall–Kier alpha value is -4.02. The largest absolute Gasteiger partial charge is 0.444 e. The summed E-state index contributed by atoms with van der Waals surface area (Å²) in [5, 5.41) is 4.69. The fourth-order valence-corrected chi connectivity index (χ4v) is 3.90. The Labute approximate surface area is 196 Å². The topological polar surface area (TPSA) is 114 Å². The highest BCUT2D eigenvalue weighted by molar-refractivity contribution is 6.05. The molecule has 1 atom stereocenters. The Balaban J connectivity index is 0.00000228. The average molecular weight is 477 g/mol. The molecule has 2 aromatic carbocycles. The van der Waals surface area contributed by atoms with Gasteiger partial charge >= 0.3 is 12.7 Å². The first-order chi connectivity index (χ1) is 16.2. The van der Waals surface area contributed by atoms with Gasteiger partial charge in [0.15, 0.2) is 0 Å². The molecule has 2 aliphatic heterocycles. The van der Waals surface area contributed by atoms with E-state index in [0.717, 1.165) is 5.56 Å². The minimum atomic E-state index is -2.99. The predicted octanol–water partition coefficient (Wildman–Crippen LogP) is 3.60. The molecule has 0 bridgehead atoms. The number of ether oxygens (including phenoxy) is 2. The van der Waals surface area contributed by atoms with Gasteiger partial charge in [0.1, 0.15) is 18.4 Å². The number of hydrogen-bond acceptors (Lipinski definition) is 6. The third kappa shape index (κ3) is 4.98. The molecule has 0 aliphatic carbocycles. The van der Waals surface area contributed by atoms with Crippen molar-refractivity contribution in [2.24, 2.45) is 0 Å². The lowest BCUT2D eigenvalue weighted by Crippen LogP contribution is -2.52. The molecule has 4 amide bonds. The maximum absolute atomic E-state index is 12.9. The minimum absolute atomic E-state index is 0. The van der Waals surface area contributed by atoms with Gasteiger partial charge in [0.25, 0.3) is 5.91 Å². The van der Waals surface area contributed by atoms with Crippen LogP contribution in [0.1, 0.15) is 42.7 Å². The van der Waals surface area contributed by atoms with E-state index in [4.69, 9.17) is 4.74 Å². The number of rotatable bonds is 6. The molecule has 1 fully saturated rings. The maximum Gasteiger partial charge on any atom is 0.411 e. The summed E-state index contributed by atoms with van der Waals surface area (Å²) in [6.45, 7) is -1.29. The Morgan fingerprint density at radius 3 is 2.76 bits per heavy atom. The fourth-order valence-electron chi connectivity index (χ4n) is 3.90. The minimum Gasteiger partial charge on any atom is -0.444 e. The number of alkyl halides is 2. The molecule has 2 aliphatic rings. The van der Waals surface area contributed by atoms with Gasteiger partial charge in [-0.1, -0.05) is 18.2 Å².